The largest absolute Gasteiger partial charge is 0.379 e. The Bertz CT molecular complexity index is 706. The zero-order valence-electron chi connectivity index (χ0n) is 10.4. The van der Waals surface area contributed by atoms with Crippen molar-refractivity contribution >= 4 is 37.5 Å². The lowest BCUT2D eigenvalue weighted by Gasteiger charge is -2.09. The van der Waals surface area contributed by atoms with E-state index in [-0.39, 0.29) is 0 Å². The van der Waals surface area contributed by atoms with Crippen LogP contribution in [0.2, 0.25) is 0 Å². The Labute approximate surface area is 125 Å². The van der Waals surface area contributed by atoms with Crippen LogP contribution in [0.5, 0.6) is 0 Å². The van der Waals surface area contributed by atoms with Gasteiger partial charge in [-0.25, -0.2) is 10.1 Å². The Morgan fingerprint density at radius 2 is 1.85 bits per heavy atom. The summed E-state index contributed by atoms with van der Waals surface area (Å²) in [6.07, 6.45) is 0. The lowest BCUT2D eigenvalue weighted by atomic mass is 10.2. The summed E-state index contributed by atoms with van der Waals surface area (Å²) in [6, 6.07) is 12.5. The fourth-order valence-corrected chi connectivity index (χ4v) is 2.43. The molecular weight excluding hydrogens is 344 g/mol. The molecule has 0 atom stereocenters. The second-order valence-corrected chi connectivity index (χ2v) is 6.14. The normalized spacial score (nSPS) is 11.1. The predicted molar refractivity (Wildman–Crippen MR) is 82.4 cm³/mol. The average molecular weight is 357 g/mol. The highest BCUT2D eigenvalue weighted by atomic mass is 79.9. The molecule has 0 amide bonds. The number of pyridine rings is 1. The molecule has 8 heteroatoms. The van der Waals surface area contributed by atoms with Gasteiger partial charge >= 0.3 is 0 Å². The number of halogens is 1. The maximum absolute atomic E-state index is 11.0. The summed E-state index contributed by atoms with van der Waals surface area (Å²) in [5.41, 5.74) is 2.03. The topological polar surface area (TPSA) is 97.1 Å². The van der Waals surface area contributed by atoms with E-state index in [2.05, 4.69) is 31.0 Å². The maximum Gasteiger partial charge on any atom is 0.296 e. The van der Waals surface area contributed by atoms with Crippen LogP contribution in [0.4, 0.5) is 11.4 Å². The van der Waals surface area contributed by atoms with E-state index in [4.69, 9.17) is 5.14 Å². The number of rotatable bonds is 5. The lowest BCUT2D eigenvalue weighted by molar-refractivity contribution is 0.603. The lowest BCUT2D eigenvalue weighted by Crippen LogP contribution is -2.21. The van der Waals surface area contributed by atoms with Crippen LogP contribution in [-0.2, 0) is 16.8 Å². The Kier molecular flexibility index (Phi) is 4.58. The van der Waals surface area contributed by atoms with Crippen LogP contribution in [0.1, 0.15) is 5.69 Å². The van der Waals surface area contributed by atoms with Crippen molar-refractivity contribution in [2.24, 2.45) is 5.14 Å². The third-order valence-electron chi connectivity index (χ3n) is 2.37. The van der Waals surface area contributed by atoms with E-state index in [1.165, 1.54) is 0 Å². The third kappa shape index (κ3) is 4.80. The van der Waals surface area contributed by atoms with E-state index in [0.29, 0.717) is 12.2 Å². The maximum atomic E-state index is 11.0. The summed E-state index contributed by atoms with van der Waals surface area (Å²) in [5, 5.41) is 8.08. The highest BCUT2D eigenvalue weighted by Gasteiger charge is 2.03. The Morgan fingerprint density at radius 3 is 2.55 bits per heavy atom. The van der Waals surface area contributed by atoms with Crippen molar-refractivity contribution < 1.29 is 8.42 Å². The van der Waals surface area contributed by atoms with Crippen molar-refractivity contribution in [3.63, 3.8) is 0 Å². The van der Waals surface area contributed by atoms with Crippen molar-refractivity contribution in [2.45, 2.75) is 6.54 Å². The first-order valence-corrected chi connectivity index (χ1v) is 8.02. The summed E-state index contributed by atoms with van der Waals surface area (Å²) < 4.78 is 24.9. The first-order valence-electron chi connectivity index (χ1n) is 5.68. The van der Waals surface area contributed by atoms with Gasteiger partial charge in [-0.1, -0.05) is 12.1 Å². The van der Waals surface area contributed by atoms with Gasteiger partial charge < -0.3 is 5.32 Å². The van der Waals surface area contributed by atoms with E-state index >= 15 is 0 Å². The summed E-state index contributed by atoms with van der Waals surface area (Å²) in [6.45, 7) is 0.526. The fourth-order valence-electron chi connectivity index (χ4n) is 1.60. The van der Waals surface area contributed by atoms with Gasteiger partial charge in [-0.3, -0.25) is 4.72 Å². The van der Waals surface area contributed by atoms with Crippen molar-refractivity contribution in [3.8, 4) is 0 Å². The first kappa shape index (κ1) is 14.8. The summed E-state index contributed by atoms with van der Waals surface area (Å²) in [7, 11) is -3.76. The molecule has 0 saturated carbocycles. The van der Waals surface area contributed by atoms with E-state index in [9.17, 15) is 8.42 Å². The van der Waals surface area contributed by atoms with Crippen LogP contribution in [0.25, 0.3) is 0 Å². The molecule has 0 fully saturated rings. The van der Waals surface area contributed by atoms with E-state index in [1.807, 2.05) is 24.3 Å². The standard InChI is InChI=1S/C12H13BrN4O2S/c13-12-6-2-5-11(16-12)8-15-9-3-1-4-10(7-9)17-20(14,18)19/h1-7,15,17H,8H2,(H2,14,18,19). The molecule has 0 spiro atoms. The second kappa shape index (κ2) is 6.21. The summed E-state index contributed by atoms with van der Waals surface area (Å²) >= 11 is 3.30. The number of nitrogens with zero attached hydrogens (tertiary/aromatic N) is 1. The minimum atomic E-state index is -3.76. The quantitative estimate of drug-likeness (QED) is 0.714. The molecule has 0 aliphatic rings. The van der Waals surface area contributed by atoms with Gasteiger partial charge in [0.15, 0.2) is 0 Å². The molecule has 20 heavy (non-hydrogen) atoms. The van der Waals surface area contributed by atoms with Crippen molar-refractivity contribution in [1.82, 2.24) is 4.98 Å². The van der Waals surface area contributed by atoms with E-state index < -0.39 is 10.2 Å². The minimum Gasteiger partial charge on any atom is -0.379 e. The number of hydrogen-bond donors (Lipinski definition) is 3. The molecule has 0 unspecified atom stereocenters. The molecule has 0 saturated heterocycles. The Morgan fingerprint density at radius 1 is 1.15 bits per heavy atom. The van der Waals surface area contributed by atoms with Gasteiger partial charge in [-0.15, -0.1) is 0 Å². The zero-order chi connectivity index (χ0) is 14.6. The molecule has 1 aromatic heterocycles. The minimum absolute atomic E-state index is 0.403. The van der Waals surface area contributed by atoms with Crippen LogP contribution in [-0.4, -0.2) is 13.4 Å². The molecule has 1 heterocycles. The molecule has 6 nitrogen and oxygen atoms in total. The fraction of sp³-hybridized carbons (Fsp3) is 0.0833. The Hall–Kier alpha value is -1.64. The highest BCUT2D eigenvalue weighted by molar-refractivity contribution is 9.10. The molecule has 0 aliphatic heterocycles. The van der Waals surface area contributed by atoms with Gasteiger partial charge in [0.05, 0.1) is 17.9 Å². The van der Waals surface area contributed by atoms with Crippen LogP contribution >= 0.6 is 15.9 Å². The molecule has 0 bridgehead atoms. The van der Waals surface area contributed by atoms with Crippen molar-refractivity contribution in [3.05, 3.63) is 52.8 Å². The van der Waals surface area contributed by atoms with Crippen molar-refractivity contribution in [1.29, 1.82) is 0 Å². The van der Waals surface area contributed by atoms with Crippen LogP contribution in [0.3, 0.4) is 0 Å². The van der Waals surface area contributed by atoms with Gasteiger partial charge in [0, 0.05) is 5.69 Å². The molecule has 2 aromatic rings. The van der Waals surface area contributed by atoms with Gasteiger partial charge in [0.25, 0.3) is 10.2 Å². The first-order chi connectivity index (χ1) is 9.42. The molecule has 0 radical (unpaired) electrons. The Balaban J connectivity index is 2.05. The summed E-state index contributed by atoms with van der Waals surface area (Å²) in [5.74, 6) is 0. The summed E-state index contributed by atoms with van der Waals surface area (Å²) in [4.78, 5) is 4.29. The zero-order valence-corrected chi connectivity index (χ0v) is 12.8. The third-order valence-corrected chi connectivity index (χ3v) is 3.33. The molecule has 106 valence electrons. The number of aromatic nitrogens is 1. The number of benzene rings is 1. The van der Waals surface area contributed by atoms with E-state index in [1.54, 1.807) is 18.2 Å². The molecule has 4 N–H and O–H groups in total. The average Bonchev–Trinajstić information content (AvgIpc) is 2.35. The highest BCUT2D eigenvalue weighted by Crippen LogP contribution is 2.16. The van der Waals surface area contributed by atoms with E-state index in [0.717, 1.165) is 16.0 Å². The number of nitrogens with two attached hydrogens (primary N) is 1. The predicted octanol–water partition coefficient (Wildman–Crippen LogP) is 2.07. The van der Waals surface area contributed by atoms with Crippen LogP contribution in [0.15, 0.2) is 47.1 Å². The molecule has 0 aliphatic carbocycles. The van der Waals surface area contributed by atoms with Gasteiger partial charge in [-0.2, -0.15) is 8.42 Å². The smallest absolute Gasteiger partial charge is 0.296 e. The number of anilines is 2. The molecular formula is C12H13BrN4O2S. The molecule has 2 rings (SSSR count). The van der Waals surface area contributed by atoms with Crippen LogP contribution in [0, 0.1) is 0 Å². The van der Waals surface area contributed by atoms with Gasteiger partial charge in [0.1, 0.15) is 4.60 Å². The van der Waals surface area contributed by atoms with Gasteiger partial charge in [0.2, 0.25) is 0 Å². The van der Waals surface area contributed by atoms with Crippen molar-refractivity contribution in [2.75, 3.05) is 10.0 Å². The second-order valence-electron chi connectivity index (χ2n) is 4.03. The number of nitrogens with one attached hydrogen (secondary N) is 2. The SMILES string of the molecule is NS(=O)(=O)Nc1cccc(NCc2cccc(Br)n2)c1. The monoisotopic (exact) mass is 356 g/mol. The van der Waals surface area contributed by atoms with Crippen LogP contribution < -0.4 is 15.2 Å². The van der Waals surface area contributed by atoms with Gasteiger partial charge in [-0.05, 0) is 46.3 Å². The molecule has 1 aromatic carbocycles. The number of hydrogen-bond acceptors (Lipinski definition) is 4.